The molecule has 0 bridgehead atoms. The number of azo groups is 2. The SMILES string of the molecule is COC1=C=C=C(N=Nc2n(C)cc[n+]2C)C=C1.C[Si](C)(C)O[Si](C)(C)O[Si](C)(CCCN)O[Si](C)(C)C.Cn1cc[n+](C)c1N=Nc1ccc(NCCC[Si](C)(O[Si](C)(C)C)O[Si](C)(C)O[Si](C)(C)C)cc1. The second-order valence-electron chi connectivity index (χ2n) is 23.2. The Hall–Kier alpha value is -3.06. The number of aryl methyl sites for hydroxylation is 4. The molecule has 2 unspecified atom stereocenters. The standard InChI is InChI=1S/C23H45N5O3Si4.C12H13N4O.C12H35NO3Si4/c1-27-18-19-28(2)23(27)26-25-22-15-13-21(14-16-22)24-17-12-20-35(11,30-33(6,7)8)31-34(9,10)29-32(3,4)5;1-15-8-9-16(2)12(15)14-13-10-4-6-11(17-3)7-5-10;1-17(2,3)14-19(7,8)16-20(9,12-10-11-13)15-18(4,5)6/h13-16,18-19H,12,17,20H2,1-11H3;4,6,8-9H,1-3H3;10-13H2,1-9H3/q;+1;/p+1. The summed E-state index contributed by atoms with van der Waals surface area (Å²) in [6.07, 6.45) is 13.2. The molecule has 1 aromatic carbocycles. The highest BCUT2D eigenvalue weighted by molar-refractivity contribution is 6.90. The van der Waals surface area contributed by atoms with Crippen LogP contribution in [-0.2, 0) is 57.6 Å². The van der Waals surface area contributed by atoms with Crippen molar-refractivity contribution in [2.24, 2.45) is 54.4 Å². The molecule has 0 spiro atoms. The fourth-order valence-corrected chi connectivity index (χ4v) is 43.9. The Morgan fingerprint density at radius 1 is 0.556 bits per heavy atom. The van der Waals surface area contributed by atoms with E-state index in [4.69, 9.17) is 35.2 Å². The molecule has 2 heterocycles. The molecule has 0 saturated heterocycles. The van der Waals surface area contributed by atoms with Crippen LogP contribution < -0.4 is 20.2 Å². The molecule has 25 heteroatoms. The molecule has 0 aliphatic heterocycles. The minimum atomic E-state index is -2.36. The van der Waals surface area contributed by atoms with Gasteiger partial charge in [0.15, 0.2) is 44.7 Å². The predicted molar refractivity (Wildman–Crippen MR) is 313 cm³/mol. The quantitative estimate of drug-likeness (QED) is 0.0276. The molecule has 3 aromatic rings. The highest BCUT2D eigenvalue weighted by Crippen LogP contribution is 2.30. The average molecular weight is 1140 g/mol. The van der Waals surface area contributed by atoms with Crippen molar-refractivity contribution in [1.82, 2.24) is 9.13 Å². The van der Waals surface area contributed by atoms with Crippen molar-refractivity contribution >= 4 is 90.8 Å². The van der Waals surface area contributed by atoms with Gasteiger partial charge in [-0.15, -0.1) is 0 Å². The van der Waals surface area contributed by atoms with Crippen LogP contribution in [0.5, 0.6) is 0 Å². The van der Waals surface area contributed by atoms with Gasteiger partial charge in [-0.25, -0.2) is 18.3 Å². The van der Waals surface area contributed by atoms with Crippen molar-refractivity contribution in [3.63, 3.8) is 0 Å². The Balaban J connectivity index is 0.000000405. The summed E-state index contributed by atoms with van der Waals surface area (Å²) in [6.45, 7) is 41.3. The predicted octanol–water partition coefficient (Wildman–Crippen LogP) is 12.1. The third-order valence-electron chi connectivity index (χ3n) is 9.63. The number of nitrogens with two attached hydrogens (primary N) is 1. The van der Waals surface area contributed by atoms with Gasteiger partial charge in [0.2, 0.25) is 0 Å². The first kappa shape index (κ1) is 65.0. The highest BCUT2D eigenvalue weighted by Gasteiger charge is 2.45. The number of methoxy groups -OCH3 is 1. The lowest BCUT2D eigenvalue weighted by Gasteiger charge is -2.41. The van der Waals surface area contributed by atoms with Crippen LogP contribution in [0.25, 0.3) is 0 Å². The topological polar surface area (TPSA) is 170 Å². The molecule has 3 N–H and O–H groups in total. The van der Waals surface area contributed by atoms with Crippen molar-refractivity contribution in [2.45, 2.75) is 143 Å². The summed E-state index contributed by atoms with van der Waals surface area (Å²) < 4.78 is 51.8. The van der Waals surface area contributed by atoms with E-state index in [0.29, 0.717) is 18.0 Å². The van der Waals surface area contributed by atoms with Crippen molar-refractivity contribution in [2.75, 3.05) is 25.5 Å². The number of imidazole rings is 2. The third kappa shape index (κ3) is 26.9. The van der Waals surface area contributed by atoms with Gasteiger partial charge in [-0.1, -0.05) is 10.2 Å². The van der Waals surface area contributed by atoms with E-state index in [1.54, 1.807) is 19.3 Å². The molecular formula is C47H94N10O7Si8+2. The van der Waals surface area contributed by atoms with Crippen molar-refractivity contribution < 1.29 is 38.6 Å². The van der Waals surface area contributed by atoms with E-state index >= 15 is 0 Å². The average Bonchev–Trinajstić information content (AvgIpc) is 3.70. The summed E-state index contributed by atoms with van der Waals surface area (Å²) in [5.41, 5.74) is 13.9. The maximum Gasteiger partial charge on any atom is 0.421 e. The molecule has 2 aromatic heterocycles. The fraction of sp³-hybridized carbons (Fsp3) is 0.617. The van der Waals surface area contributed by atoms with Gasteiger partial charge in [-0.3, -0.25) is 0 Å². The van der Waals surface area contributed by atoms with Gasteiger partial charge < -0.3 is 40.5 Å². The Kier molecular flexibility index (Phi) is 25.0. The van der Waals surface area contributed by atoms with Gasteiger partial charge in [0.1, 0.15) is 5.69 Å². The van der Waals surface area contributed by atoms with Gasteiger partial charge in [-0.05, 0) is 197 Å². The number of hydrogen-bond acceptors (Lipinski definition) is 13. The van der Waals surface area contributed by atoms with E-state index in [-0.39, 0.29) is 0 Å². The minimum absolute atomic E-state index is 0.618. The molecule has 0 fully saturated rings. The molecule has 404 valence electrons. The second kappa shape index (κ2) is 27.6. The minimum Gasteiger partial charge on any atom is -0.489 e. The summed E-state index contributed by atoms with van der Waals surface area (Å²) in [6, 6.07) is 9.94. The lowest BCUT2D eigenvalue weighted by molar-refractivity contribution is -0.657. The lowest BCUT2D eigenvalue weighted by atomic mass is 10.3. The van der Waals surface area contributed by atoms with E-state index in [9.17, 15) is 0 Å². The number of aromatic nitrogens is 4. The number of nitrogens with zero attached hydrogens (tertiary/aromatic N) is 8. The summed E-state index contributed by atoms with van der Waals surface area (Å²) >= 11 is 0. The number of allylic oxidation sites excluding steroid dienone is 2. The van der Waals surface area contributed by atoms with Gasteiger partial charge >= 0.3 is 46.1 Å². The first-order chi connectivity index (χ1) is 32.9. The summed E-state index contributed by atoms with van der Waals surface area (Å²) in [7, 11) is -6.28. The van der Waals surface area contributed by atoms with E-state index in [1.807, 2.05) is 95.5 Å². The molecule has 1 aliphatic rings. The number of rotatable bonds is 25. The normalized spacial score (nSPS) is 15.3. The number of benzene rings is 1. The van der Waals surface area contributed by atoms with Gasteiger partial charge in [-0.2, -0.15) is 0 Å². The molecule has 17 nitrogen and oxygen atoms in total. The van der Waals surface area contributed by atoms with Crippen LogP contribution in [0.15, 0.2) is 105 Å². The van der Waals surface area contributed by atoms with E-state index in [0.717, 1.165) is 54.7 Å². The summed E-state index contributed by atoms with van der Waals surface area (Å²) in [5, 5.41) is 20.5. The maximum absolute atomic E-state index is 6.77. The van der Waals surface area contributed by atoms with Crippen LogP contribution in [0.1, 0.15) is 12.8 Å². The van der Waals surface area contributed by atoms with E-state index < -0.39 is 67.5 Å². The Bertz CT molecular complexity index is 2330. The summed E-state index contributed by atoms with van der Waals surface area (Å²) in [4.78, 5) is 0. The first-order valence-corrected chi connectivity index (χ1v) is 49.3. The molecule has 72 heavy (non-hydrogen) atoms. The molecular weight excluding hydrogens is 1040 g/mol. The van der Waals surface area contributed by atoms with Crippen LogP contribution in [0.4, 0.5) is 23.3 Å². The van der Waals surface area contributed by atoms with Crippen LogP contribution in [0.3, 0.4) is 0 Å². The number of ether oxygens (including phenoxy) is 1. The van der Waals surface area contributed by atoms with Crippen molar-refractivity contribution in [3.05, 3.63) is 84.1 Å². The molecule has 1 aliphatic carbocycles. The number of anilines is 1. The monoisotopic (exact) mass is 1130 g/mol. The number of nitrogens with one attached hydrogen (secondary N) is 1. The highest BCUT2D eigenvalue weighted by atomic mass is 28.5. The Morgan fingerprint density at radius 3 is 1.35 bits per heavy atom. The zero-order chi connectivity index (χ0) is 55.0. The smallest absolute Gasteiger partial charge is 0.421 e. The van der Waals surface area contributed by atoms with Crippen LogP contribution in [0, 0.1) is 0 Å². The zero-order valence-corrected chi connectivity index (χ0v) is 56.5. The largest absolute Gasteiger partial charge is 0.489 e. The van der Waals surface area contributed by atoms with Crippen LogP contribution >= 0.6 is 0 Å². The lowest BCUT2D eigenvalue weighted by Crippen LogP contribution is -2.56. The third-order valence-corrected chi connectivity index (χ3v) is 36.7. The molecule has 4 rings (SSSR count). The summed E-state index contributed by atoms with van der Waals surface area (Å²) in [5.74, 6) is 2.19. The zero-order valence-electron chi connectivity index (χ0n) is 48.5. The van der Waals surface area contributed by atoms with Gasteiger partial charge in [0.05, 0.1) is 60.1 Å². The van der Waals surface area contributed by atoms with Crippen molar-refractivity contribution in [1.29, 1.82) is 0 Å². The van der Waals surface area contributed by atoms with E-state index in [2.05, 4.69) is 155 Å². The number of hydrogen-bond donors (Lipinski definition) is 2. The molecule has 0 radical (unpaired) electrons. The molecule has 0 amide bonds. The molecule has 0 saturated carbocycles. The Labute approximate surface area is 442 Å². The first-order valence-electron chi connectivity index (χ1n) is 24.9. The van der Waals surface area contributed by atoms with Gasteiger partial charge in [0.25, 0.3) is 0 Å². The van der Waals surface area contributed by atoms with E-state index in [1.165, 1.54) is 0 Å². The fourth-order valence-electron chi connectivity index (χ4n) is 8.00. The van der Waals surface area contributed by atoms with Crippen LogP contribution in [-0.4, -0.2) is 96.8 Å². The second-order valence-corrected chi connectivity index (χ2v) is 56.1. The maximum atomic E-state index is 6.77. The van der Waals surface area contributed by atoms with Crippen LogP contribution in [0.2, 0.25) is 130 Å². The molecule has 2 atom stereocenters. The van der Waals surface area contributed by atoms with Gasteiger partial charge in [0, 0.05) is 22.5 Å². The van der Waals surface area contributed by atoms with Crippen molar-refractivity contribution in [3.8, 4) is 0 Å². The Morgan fingerprint density at radius 2 is 0.986 bits per heavy atom.